The van der Waals surface area contributed by atoms with E-state index in [1.807, 2.05) is 24.3 Å². The smallest absolute Gasteiger partial charge is 0.189 e. The first-order valence-electron chi connectivity index (χ1n) is 5.95. The highest BCUT2D eigenvalue weighted by molar-refractivity contribution is 6.31. The molecule has 19 heavy (non-hydrogen) atoms. The van der Waals surface area contributed by atoms with Gasteiger partial charge in [-0.05, 0) is 17.7 Å². The number of rotatable bonds is 2. The molecular weight excluding hydrogens is 262 g/mol. The maximum atomic E-state index is 12.4. The summed E-state index contributed by atoms with van der Waals surface area (Å²) in [5.74, 6) is 0.135. The zero-order chi connectivity index (χ0) is 13.4. The van der Waals surface area contributed by atoms with E-state index in [4.69, 9.17) is 17.3 Å². The van der Waals surface area contributed by atoms with Crippen LogP contribution in [0, 0.1) is 0 Å². The topological polar surface area (TPSA) is 68.0 Å². The van der Waals surface area contributed by atoms with E-state index in [2.05, 4.69) is 10.3 Å². The molecule has 1 atom stereocenters. The molecule has 5 heteroatoms. The maximum Gasteiger partial charge on any atom is 0.189 e. The predicted octanol–water partition coefficient (Wildman–Crippen LogP) is 2.54. The van der Waals surface area contributed by atoms with Crippen LogP contribution >= 0.6 is 11.6 Å². The van der Waals surface area contributed by atoms with E-state index in [0.717, 1.165) is 11.3 Å². The second kappa shape index (κ2) is 4.55. The summed E-state index contributed by atoms with van der Waals surface area (Å²) >= 11 is 5.87. The number of nitrogens with one attached hydrogen (secondary N) is 1. The van der Waals surface area contributed by atoms with Gasteiger partial charge in [0.05, 0.1) is 16.6 Å². The summed E-state index contributed by atoms with van der Waals surface area (Å²) in [5, 5.41) is 3.61. The zero-order valence-corrected chi connectivity index (χ0v) is 10.8. The third-order valence-corrected chi connectivity index (χ3v) is 3.44. The van der Waals surface area contributed by atoms with E-state index in [-0.39, 0.29) is 17.6 Å². The van der Waals surface area contributed by atoms with Crippen molar-refractivity contribution in [2.24, 2.45) is 0 Å². The number of carbonyl (C=O) groups excluding carboxylic acids is 1. The Bertz CT molecular complexity index is 632. The third-order valence-electron chi connectivity index (χ3n) is 3.24. The molecule has 0 bridgehead atoms. The number of para-hydroxylation sites is 1. The molecule has 0 saturated heterocycles. The average molecular weight is 274 g/mol. The molecule has 0 aliphatic carbocycles. The van der Waals surface area contributed by atoms with Crippen LogP contribution in [0.25, 0.3) is 0 Å². The summed E-state index contributed by atoms with van der Waals surface area (Å²) < 4.78 is 0. The number of carbonyl (C=O) groups is 1. The van der Waals surface area contributed by atoms with Gasteiger partial charge in [-0.2, -0.15) is 0 Å². The number of ketones is 1. The molecule has 3 rings (SSSR count). The van der Waals surface area contributed by atoms with Crippen LogP contribution in [0.3, 0.4) is 0 Å². The molecule has 1 aromatic heterocycles. The van der Waals surface area contributed by atoms with Crippen LogP contribution in [-0.2, 0) is 6.42 Å². The number of nitrogens with zero attached hydrogens (tertiary/aromatic N) is 1. The fourth-order valence-electron chi connectivity index (χ4n) is 2.29. The van der Waals surface area contributed by atoms with Crippen LogP contribution in [0.4, 0.5) is 11.5 Å². The molecule has 96 valence electrons. The van der Waals surface area contributed by atoms with Crippen molar-refractivity contribution in [3.05, 3.63) is 52.7 Å². The van der Waals surface area contributed by atoms with E-state index in [1.54, 1.807) is 6.07 Å². The zero-order valence-electron chi connectivity index (χ0n) is 10.1. The molecular formula is C14H12ClN3O. The van der Waals surface area contributed by atoms with Crippen LogP contribution < -0.4 is 11.1 Å². The van der Waals surface area contributed by atoms with Crippen molar-refractivity contribution >= 4 is 28.9 Å². The molecule has 3 N–H and O–H groups in total. The van der Waals surface area contributed by atoms with Gasteiger partial charge in [0.2, 0.25) is 0 Å². The average Bonchev–Trinajstić information content (AvgIpc) is 2.84. The monoisotopic (exact) mass is 273 g/mol. The molecule has 0 fully saturated rings. The third kappa shape index (κ3) is 2.15. The Hall–Kier alpha value is -2.07. The number of hydrogen-bond donors (Lipinski definition) is 2. The second-order valence-electron chi connectivity index (χ2n) is 4.51. The number of hydrogen-bond acceptors (Lipinski definition) is 4. The first-order valence-corrected chi connectivity index (χ1v) is 6.32. The minimum absolute atomic E-state index is 0.0799. The van der Waals surface area contributed by atoms with Crippen LogP contribution in [0.5, 0.6) is 0 Å². The quantitative estimate of drug-likeness (QED) is 0.825. The van der Waals surface area contributed by atoms with Gasteiger partial charge in [-0.1, -0.05) is 29.8 Å². The number of nitrogens with two attached hydrogens (primary N) is 1. The number of Topliss-reactive ketones (excluding diaryl/α,β-unsaturated/α-hetero) is 1. The van der Waals surface area contributed by atoms with Crippen molar-refractivity contribution in [3.63, 3.8) is 0 Å². The Morgan fingerprint density at radius 1 is 1.42 bits per heavy atom. The number of anilines is 2. The summed E-state index contributed by atoms with van der Waals surface area (Å²) in [5.41, 5.74) is 8.25. The second-order valence-corrected chi connectivity index (χ2v) is 4.95. The summed E-state index contributed by atoms with van der Waals surface area (Å²) in [4.78, 5) is 16.4. The van der Waals surface area contributed by atoms with Crippen LogP contribution in [-0.4, -0.2) is 16.8 Å². The van der Waals surface area contributed by atoms with Gasteiger partial charge in [-0.15, -0.1) is 0 Å². The molecule has 0 saturated carbocycles. The van der Waals surface area contributed by atoms with Crippen LogP contribution in [0.15, 0.2) is 36.5 Å². The molecule has 0 radical (unpaired) electrons. The first-order chi connectivity index (χ1) is 9.15. The SMILES string of the molecule is Nc1ncc(Cl)cc1C(=O)C1Cc2ccccc2N1. The number of halogens is 1. The van der Waals surface area contributed by atoms with E-state index in [1.165, 1.54) is 6.20 Å². The fraction of sp³-hybridized carbons (Fsp3) is 0.143. The Morgan fingerprint density at radius 2 is 2.21 bits per heavy atom. The standard InChI is InChI=1S/C14H12ClN3O/c15-9-6-10(14(16)17-7-9)13(19)12-5-8-3-1-2-4-11(8)18-12/h1-4,6-7,12,18H,5H2,(H2,16,17). The Morgan fingerprint density at radius 3 is 3.00 bits per heavy atom. The number of fused-ring (bicyclic) bond motifs is 1. The minimum Gasteiger partial charge on any atom is -0.383 e. The summed E-state index contributed by atoms with van der Waals surface area (Å²) in [6.07, 6.45) is 2.09. The molecule has 1 unspecified atom stereocenters. The molecule has 0 spiro atoms. The predicted molar refractivity (Wildman–Crippen MR) is 75.5 cm³/mol. The normalized spacial score (nSPS) is 16.8. The largest absolute Gasteiger partial charge is 0.383 e. The van der Waals surface area contributed by atoms with Crippen molar-refractivity contribution < 1.29 is 4.79 Å². The van der Waals surface area contributed by atoms with Crippen LogP contribution in [0.2, 0.25) is 5.02 Å². The highest BCUT2D eigenvalue weighted by Crippen LogP contribution is 2.28. The lowest BCUT2D eigenvalue weighted by molar-refractivity contribution is 0.0972. The van der Waals surface area contributed by atoms with Crippen molar-refractivity contribution in [1.29, 1.82) is 0 Å². The van der Waals surface area contributed by atoms with Gasteiger partial charge in [0.25, 0.3) is 0 Å². The summed E-state index contributed by atoms with van der Waals surface area (Å²) in [6, 6.07) is 9.13. The van der Waals surface area contributed by atoms with Crippen molar-refractivity contribution in [2.75, 3.05) is 11.1 Å². The molecule has 1 aromatic carbocycles. The number of nitrogen functional groups attached to an aromatic ring is 1. The van der Waals surface area contributed by atoms with E-state index >= 15 is 0 Å². The van der Waals surface area contributed by atoms with Crippen molar-refractivity contribution in [1.82, 2.24) is 4.98 Å². The number of aromatic nitrogens is 1. The Labute approximate surface area is 115 Å². The molecule has 1 aliphatic heterocycles. The van der Waals surface area contributed by atoms with Gasteiger partial charge >= 0.3 is 0 Å². The van der Waals surface area contributed by atoms with Gasteiger partial charge in [-0.25, -0.2) is 4.98 Å². The van der Waals surface area contributed by atoms with Gasteiger partial charge < -0.3 is 11.1 Å². The lowest BCUT2D eigenvalue weighted by atomic mass is 10.0. The first kappa shape index (κ1) is 12.0. The van der Waals surface area contributed by atoms with Crippen LogP contribution in [0.1, 0.15) is 15.9 Å². The highest BCUT2D eigenvalue weighted by atomic mass is 35.5. The van der Waals surface area contributed by atoms with Gasteiger partial charge in [-0.3, -0.25) is 4.79 Å². The van der Waals surface area contributed by atoms with Gasteiger partial charge in [0, 0.05) is 18.3 Å². The van der Waals surface area contributed by atoms with Crippen molar-refractivity contribution in [3.8, 4) is 0 Å². The fourth-order valence-corrected chi connectivity index (χ4v) is 2.45. The molecule has 0 amide bonds. The molecule has 2 heterocycles. The van der Waals surface area contributed by atoms with E-state index in [9.17, 15) is 4.79 Å². The minimum atomic E-state index is -0.306. The number of pyridine rings is 1. The Balaban J connectivity index is 1.89. The molecule has 1 aliphatic rings. The van der Waals surface area contributed by atoms with Gasteiger partial charge in [0.15, 0.2) is 5.78 Å². The highest BCUT2D eigenvalue weighted by Gasteiger charge is 2.28. The molecule has 2 aromatic rings. The van der Waals surface area contributed by atoms with E-state index < -0.39 is 0 Å². The van der Waals surface area contributed by atoms with Crippen molar-refractivity contribution in [2.45, 2.75) is 12.5 Å². The Kier molecular flexibility index (Phi) is 2.87. The summed E-state index contributed by atoms with van der Waals surface area (Å²) in [7, 11) is 0. The van der Waals surface area contributed by atoms with E-state index in [0.29, 0.717) is 17.0 Å². The number of benzene rings is 1. The summed E-state index contributed by atoms with van der Waals surface area (Å²) in [6.45, 7) is 0. The lowest BCUT2D eigenvalue weighted by Crippen LogP contribution is -2.28. The lowest BCUT2D eigenvalue weighted by Gasteiger charge is -2.11. The molecule has 4 nitrogen and oxygen atoms in total. The maximum absolute atomic E-state index is 12.4. The van der Waals surface area contributed by atoms with Gasteiger partial charge in [0.1, 0.15) is 5.82 Å².